The Morgan fingerprint density at radius 2 is 2.24 bits per heavy atom. The second-order valence-corrected chi connectivity index (χ2v) is 4.11. The van der Waals surface area contributed by atoms with Crippen molar-refractivity contribution in [3.8, 4) is 0 Å². The second-order valence-electron chi connectivity index (χ2n) is 4.11. The number of nitrogens with one attached hydrogen (secondary N) is 1. The van der Waals surface area contributed by atoms with Crippen molar-refractivity contribution in [2.45, 2.75) is 6.92 Å². The molecule has 0 aliphatic carbocycles. The average molecular weight is 237 g/mol. The molecule has 5 heteroatoms. The van der Waals surface area contributed by atoms with Crippen molar-refractivity contribution >= 4 is 17.3 Å². The molecule has 1 unspecified atom stereocenters. The van der Waals surface area contributed by atoms with Crippen molar-refractivity contribution < 1.29 is 9.53 Å². The fourth-order valence-electron chi connectivity index (χ4n) is 1.49. The number of hydrogen-bond donors (Lipinski definition) is 3. The van der Waals surface area contributed by atoms with Crippen molar-refractivity contribution in [3.63, 3.8) is 0 Å². The highest BCUT2D eigenvalue weighted by atomic mass is 16.5. The van der Waals surface area contributed by atoms with Gasteiger partial charge in [-0.1, -0.05) is 6.92 Å². The van der Waals surface area contributed by atoms with Gasteiger partial charge in [0.15, 0.2) is 0 Å². The largest absolute Gasteiger partial charge is 0.397 e. The first-order valence-electron chi connectivity index (χ1n) is 5.46. The Balaban J connectivity index is 2.69. The standard InChI is InChI=1S/C12H19N3O2/c1-8(7-17-2)6-15-11-5-9(12(14)16)3-4-10(11)13/h3-5,8,15H,6-7,13H2,1-2H3,(H2,14,16). The molecule has 0 heterocycles. The SMILES string of the molecule is COCC(C)CNc1cc(C(N)=O)ccc1N. The smallest absolute Gasteiger partial charge is 0.248 e. The van der Waals surface area contributed by atoms with Gasteiger partial charge < -0.3 is 21.5 Å². The van der Waals surface area contributed by atoms with Crippen LogP contribution in [0.25, 0.3) is 0 Å². The fourth-order valence-corrected chi connectivity index (χ4v) is 1.49. The number of nitrogen functional groups attached to an aromatic ring is 1. The number of amides is 1. The van der Waals surface area contributed by atoms with Gasteiger partial charge in [0, 0.05) is 19.2 Å². The lowest BCUT2D eigenvalue weighted by molar-refractivity contribution is 0.100. The zero-order valence-electron chi connectivity index (χ0n) is 10.2. The molecule has 17 heavy (non-hydrogen) atoms. The lowest BCUT2D eigenvalue weighted by atomic mass is 10.1. The minimum atomic E-state index is -0.460. The van der Waals surface area contributed by atoms with E-state index in [1.54, 1.807) is 25.3 Å². The van der Waals surface area contributed by atoms with Gasteiger partial charge >= 0.3 is 0 Å². The van der Waals surface area contributed by atoms with E-state index in [4.69, 9.17) is 16.2 Å². The zero-order chi connectivity index (χ0) is 12.8. The highest BCUT2D eigenvalue weighted by Gasteiger charge is 2.06. The van der Waals surface area contributed by atoms with Crippen LogP contribution in [0.2, 0.25) is 0 Å². The molecular weight excluding hydrogens is 218 g/mol. The molecule has 1 atom stereocenters. The molecule has 0 aliphatic heterocycles. The first-order chi connectivity index (χ1) is 8.04. The quantitative estimate of drug-likeness (QED) is 0.645. The number of methoxy groups -OCH3 is 1. The normalized spacial score (nSPS) is 12.1. The maximum atomic E-state index is 11.0. The summed E-state index contributed by atoms with van der Waals surface area (Å²) >= 11 is 0. The molecule has 1 aromatic carbocycles. The van der Waals surface area contributed by atoms with Gasteiger partial charge in [-0.3, -0.25) is 4.79 Å². The van der Waals surface area contributed by atoms with Gasteiger partial charge in [-0.2, -0.15) is 0 Å². The third-order valence-corrected chi connectivity index (χ3v) is 2.43. The van der Waals surface area contributed by atoms with Crippen LogP contribution in [0.5, 0.6) is 0 Å². The van der Waals surface area contributed by atoms with Crippen LogP contribution >= 0.6 is 0 Å². The van der Waals surface area contributed by atoms with Gasteiger partial charge in [0.1, 0.15) is 0 Å². The summed E-state index contributed by atoms with van der Waals surface area (Å²) in [6, 6.07) is 4.95. The lowest BCUT2D eigenvalue weighted by Crippen LogP contribution is -2.17. The van der Waals surface area contributed by atoms with Crippen molar-refractivity contribution in [2.24, 2.45) is 11.7 Å². The summed E-state index contributed by atoms with van der Waals surface area (Å²) in [6.45, 7) is 3.45. The summed E-state index contributed by atoms with van der Waals surface area (Å²) in [5, 5.41) is 3.18. The molecule has 0 spiro atoms. The van der Waals surface area contributed by atoms with Crippen LogP contribution in [-0.2, 0) is 4.74 Å². The molecule has 1 amide bonds. The van der Waals surface area contributed by atoms with Crippen LogP contribution in [0.3, 0.4) is 0 Å². The van der Waals surface area contributed by atoms with Gasteiger partial charge in [-0.25, -0.2) is 0 Å². The van der Waals surface area contributed by atoms with Crippen molar-refractivity contribution in [1.82, 2.24) is 0 Å². The number of carbonyl (C=O) groups is 1. The van der Waals surface area contributed by atoms with E-state index in [2.05, 4.69) is 12.2 Å². The minimum absolute atomic E-state index is 0.358. The van der Waals surface area contributed by atoms with E-state index in [-0.39, 0.29) is 0 Å². The average Bonchev–Trinajstić information content (AvgIpc) is 2.28. The molecule has 0 saturated carbocycles. The summed E-state index contributed by atoms with van der Waals surface area (Å²) in [5.41, 5.74) is 12.8. The van der Waals surface area contributed by atoms with Crippen molar-refractivity contribution in [3.05, 3.63) is 23.8 Å². The van der Waals surface area contributed by atoms with Gasteiger partial charge in [0.05, 0.1) is 18.0 Å². The number of anilines is 2. The Morgan fingerprint density at radius 1 is 1.53 bits per heavy atom. The van der Waals surface area contributed by atoms with Gasteiger partial charge in [-0.05, 0) is 24.1 Å². The Morgan fingerprint density at radius 3 is 2.82 bits per heavy atom. The topological polar surface area (TPSA) is 90.4 Å². The summed E-state index contributed by atoms with van der Waals surface area (Å²) < 4.78 is 5.04. The molecular formula is C12H19N3O2. The second kappa shape index (κ2) is 6.10. The predicted octanol–water partition coefficient (Wildman–Crippen LogP) is 1.06. The van der Waals surface area contributed by atoms with Crippen molar-refractivity contribution in [2.75, 3.05) is 31.3 Å². The molecule has 5 nitrogen and oxygen atoms in total. The molecule has 0 saturated heterocycles. The van der Waals surface area contributed by atoms with E-state index in [1.807, 2.05) is 0 Å². The maximum absolute atomic E-state index is 11.0. The van der Waals surface area contributed by atoms with Crippen LogP contribution in [0.15, 0.2) is 18.2 Å². The number of nitrogens with two attached hydrogens (primary N) is 2. The Bertz CT molecular complexity index is 393. The number of carbonyl (C=O) groups excluding carboxylic acids is 1. The van der Waals surface area contributed by atoms with Crippen LogP contribution in [0.4, 0.5) is 11.4 Å². The monoisotopic (exact) mass is 237 g/mol. The van der Waals surface area contributed by atoms with Gasteiger partial charge in [0.2, 0.25) is 5.91 Å². The van der Waals surface area contributed by atoms with Crippen LogP contribution in [0, 0.1) is 5.92 Å². The van der Waals surface area contributed by atoms with E-state index < -0.39 is 5.91 Å². The molecule has 0 aliphatic rings. The van der Waals surface area contributed by atoms with E-state index in [0.29, 0.717) is 23.8 Å². The summed E-state index contributed by atoms with van der Waals surface area (Å²) in [7, 11) is 1.67. The Kier molecular flexibility index (Phi) is 4.78. The van der Waals surface area contributed by atoms with Crippen molar-refractivity contribution in [1.29, 1.82) is 0 Å². The molecule has 5 N–H and O–H groups in total. The third kappa shape index (κ3) is 3.96. The number of hydrogen-bond acceptors (Lipinski definition) is 4. The number of primary amides is 1. The molecule has 0 fully saturated rings. The van der Waals surface area contributed by atoms with E-state index in [1.165, 1.54) is 0 Å². The summed E-state index contributed by atoms with van der Waals surface area (Å²) in [4.78, 5) is 11.0. The number of ether oxygens (including phenoxy) is 1. The molecule has 0 bridgehead atoms. The number of benzene rings is 1. The summed E-state index contributed by atoms with van der Waals surface area (Å²) in [5.74, 6) is -0.102. The third-order valence-electron chi connectivity index (χ3n) is 2.43. The fraction of sp³-hybridized carbons (Fsp3) is 0.417. The maximum Gasteiger partial charge on any atom is 0.248 e. The molecule has 94 valence electrons. The van der Waals surface area contributed by atoms with Gasteiger partial charge in [-0.15, -0.1) is 0 Å². The Hall–Kier alpha value is -1.75. The minimum Gasteiger partial charge on any atom is -0.397 e. The van der Waals surface area contributed by atoms with E-state index in [0.717, 1.165) is 12.2 Å². The van der Waals surface area contributed by atoms with E-state index >= 15 is 0 Å². The molecule has 1 aromatic rings. The van der Waals surface area contributed by atoms with E-state index in [9.17, 15) is 4.79 Å². The highest BCUT2D eigenvalue weighted by molar-refractivity contribution is 5.94. The zero-order valence-corrected chi connectivity index (χ0v) is 10.2. The molecule has 0 radical (unpaired) electrons. The van der Waals surface area contributed by atoms with Crippen LogP contribution in [-0.4, -0.2) is 26.2 Å². The first kappa shape index (κ1) is 13.3. The molecule has 1 rings (SSSR count). The Labute approximate surface area is 101 Å². The highest BCUT2D eigenvalue weighted by Crippen LogP contribution is 2.20. The van der Waals surface area contributed by atoms with Crippen LogP contribution < -0.4 is 16.8 Å². The first-order valence-corrected chi connectivity index (χ1v) is 5.46. The summed E-state index contributed by atoms with van der Waals surface area (Å²) in [6.07, 6.45) is 0. The predicted molar refractivity (Wildman–Crippen MR) is 68.9 cm³/mol. The molecule has 0 aromatic heterocycles. The lowest BCUT2D eigenvalue weighted by Gasteiger charge is -2.14. The number of rotatable bonds is 6. The van der Waals surface area contributed by atoms with Crippen LogP contribution in [0.1, 0.15) is 17.3 Å². The van der Waals surface area contributed by atoms with Gasteiger partial charge in [0.25, 0.3) is 0 Å².